The van der Waals surface area contributed by atoms with Gasteiger partial charge in [0.2, 0.25) is 0 Å². The molecule has 2 nitrogen and oxygen atoms in total. The van der Waals surface area contributed by atoms with Crippen LogP contribution < -0.4 is 4.74 Å². The van der Waals surface area contributed by atoms with Crippen molar-refractivity contribution in [3.05, 3.63) is 53.8 Å². The first-order chi connectivity index (χ1) is 9.26. The number of halogens is 1. The van der Waals surface area contributed by atoms with Crippen molar-refractivity contribution in [2.75, 3.05) is 0 Å². The van der Waals surface area contributed by atoms with Crippen molar-refractivity contribution in [2.24, 2.45) is 0 Å². The number of carbonyl (C=O) groups is 1. The van der Waals surface area contributed by atoms with Gasteiger partial charge >= 0.3 is 0 Å². The van der Waals surface area contributed by atoms with Crippen molar-refractivity contribution in [1.29, 1.82) is 0 Å². The lowest BCUT2D eigenvalue weighted by molar-refractivity contribution is 0.112. The van der Waals surface area contributed by atoms with E-state index in [-0.39, 0.29) is 5.82 Å². The van der Waals surface area contributed by atoms with Crippen LogP contribution in [0.2, 0.25) is 0 Å². The van der Waals surface area contributed by atoms with Crippen molar-refractivity contribution in [3.63, 3.8) is 0 Å². The monoisotopic (exact) mass is 256 g/mol. The summed E-state index contributed by atoms with van der Waals surface area (Å²) in [6.45, 7) is 0. The van der Waals surface area contributed by atoms with Crippen LogP contribution >= 0.6 is 0 Å². The van der Waals surface area contributed by atoms with E-state index in [4.69, 9.17) is 4.74 Å². The Morgan fingerprint density at radius 3 is 2.74 bits per heavy atom. The molecule has 19 heavy (non-hydrogen) atoms. The lowest BCUT2D eigenvalue weighted by Crippen LogP contribution is -1.96. The molecule has 1 fully saturated rings. The van der Waals surface area contributed by atoms with Crippen LogP contribution in [0.25, 0.3) is 11.1 Å². The quantitative estimate of drug-likeness (QED) is 0.777. The van der Waals surface area contributed by atoms with E-state index in [1.165, 1.54) is 18.2 Å². The fourth-order valence-corrected chi connectivity index (χ4v) is 2.00. The fraction of sp³-hybridized carbons (Fsp3) is 0.188. The lowest BCUT2D eigenvalue weighted by atomic mass is 10.00. The van der Waals surface area contributed by atoms with Gasteiger partial charge in [0.25, 0.3) is 0 Å². The number of hydrogen-bond acceptors (Lipinski definition) is 2. The van der Waals surface area contributed by atoms with Crippen LogP contribution in [0.5, 0.6) is 5.75 Å². The van der Waals surface area contributed by atoms with E-state index < -0.39 is 0 Å². The first-order valence-corrected chi connectivity index (χ1v) is 6.28. The summed E-state index contributed by atoms with van der Waals surface area (Å²) in [5.74, 6) is 0.412. The second-order valence-electron chi connectivity index (χ2n) is 4.69. The van der Waals surface area contributed by atoms with Gasteiger partial charge in [0, 0.05) is 5.56 Å². The topological polar surface area (TPSA) is 26.3 Å². The number of hydrogen-bond donors (Lipinski definition) is 0. The van der Waals surface area contributed by atoms with Gasteiger partial charge in [-0.15, -0.1) is 0 Å². The van der Waals surface area contributed by atoms with Gasteiger partial charge in [0.15, 0.2) is 6.29 Å². The Balaban J connectivity index is 2.00. The van der Waals surface area contributed by atoms with Crippen LogP contribution in [-0.4, -0.2) is 12.4 Å². The van der Waals surface area contributed by atoms with Crippen molar-refractivity contribution in [2.45, 2.75) is 18.9 Å². The molecule has 0 spiro atoms. The van der Waals surface area contributed by atoms with E-state index in [0.717, 1.165) is 30.4 Å². The molecule has 0 bridgehead atoms. The first-order valence-electron chi connectivity index (χ1n) is 6.28. The van der Waals surface area contributed by atoms with Crippen LogP contribution in [0.4, 0.5) is 4.39 Å². The predicted octanol–water partition coefficient (Wildman–Crippen LogP) is 3.85. The SMILES string of the molecule is O=Cc1ccc(F)cc1-c1cccc(OC2CC2)c1. The minimum atomic E-state index is -0.353. The molecule has 0 saturated heterocycles. The van der Waals surface area contributed by atoms with Gasteiger partial charge in [-0.2, -0.15) is 0 Å². The molecule has 1 aliphatic carbocycles. The molecular formula is C16H13FO2. The minimum Gasteiger partial charge on any atom is -0.490 e. The average Bonchev–Trinajstić information content (AvgIpc) is 3.23. The fourth-order valence-electron chi connectivity index (χ4n) is 2.00. The molecule has 3 rings (SSSR count). The summed E-state index contributed by atoms with van der Waals surface area (Å²) in [6.07, 6.45) is 3.23. The van der Waals surface area contributed by atoms with Gasteiger partial charge in [0.1, 0.15) is 11.6 Å². The maximum absolute atomic E-state index is 13.3. The zero-order chi connectivity index (χ0) is 13.2. The Morgan fingerprint density at radius 2 is 2.00 bits per heavy atom. The maximum atomic E-state index is 13.3. The van der Waals surface area contributed by atoms with E-state index in [1.54, 1.807) is 0 Å². The summed E-state index contributed by atoms with van der Waals surface area (Å²) >= 11 is 0. The molecule has 0 radical (unpaired) electrons. The molecule has 3 heteroatoms. The van der Waals surface area contributed by atoms with Gasteiger partial charge in [-0.3, -0.25) is 4.79 Å². The smallest absolute Gasteiger partial charge is 0.150 e. The molecule has 0 N–H and O–H groups in total. The van der Waals surface area contributed by atoms with Gasteiger partial charge in [-0.25, -0.2) is 4.39 Å². The second kappa shape index (κ2) is 4.84. The number of ether oxygens (including phenoxy) is 1. The molecule has 0 atom stereocenters. The Hall–Kier alpha value is -2.16. The van der Waals surface area contributed by atoms with Gasteiger partial charge in [-0.05, 0) is 54.3 Å². The number of carbonyl (C=O) groups excluding carboxylic acids is 1. The van der Waals surface area contributed by atoms with Crippen molar-refractivity contribution < 1.29 is 13.9 Å². The molecule has 2 aromatic carbocycles. The highest BCUT2D eigenvalue weighted by Crippen LogP contribution is 2.31. The average molecular weight is 256 g/mol. The first kappa shape index (κ1) is 11.9. The Kier molecular flexibility index (Phi) is 3.03. The van der Waals surface area contributed by atoms with E-state index in [9.17, 15) is 9.18 Å². The molecule has 1 saturated carbocycles. The van der Waals surface area contributed by atoms with Crippen LogP contribution in [0.1, 0.15) is 23.2 Å². The van der Waals surface area contributed by atoms with Gasteiger partial charge in [-0.1, -0.05) is 12.1 Å². The molecular weight excluding hydrogens is 243 g/mol. The number of rotatable bonds is 4. The third-order valence-corrected chi connectivity index (χ3v) is 3.11. The summed E-state index contributed by atoms with van der Waals surface area (Å²) in [4.78, 5) is 11.0. The Labute approximate surface area is 110 Å². The summed E-state index contributed by atoms with van der Waals surface area (Å²) in [7, 11) is 0. The van der Waals surface area contributed by atoms with Crippen molar-refractivity contribution in [3.8, 4) is 16.9 Å². The Bertz CT molecular complexity index is 618. The number of aldehydes is 1. The van der Waals surface area contributed by atoms with Crippen LogP contribution in [0, 0.1) is 5.82 Å². The van der Waals surface area contributed by atoms with Crippen molar-refractivity contribution in [1.82, 2.24) is 0 Å². The Morgan fingerprint density at radius 1 is 1.16 bits per heavy atom. The summed E-state index contributed by atoms with van der Waals surface area (Å²) in [5, 5.41) is 0. The van der Waals surface area contributed by atoms with Crippen LogP contribution in [0.15, 0.2) is 42.5 Å². The minimum absolute atomic E-state index is 0.313. The molecule has 1 aliphatic rings. The zero-order valence-electron chi connectivity index (χ0n) is 10.3. The number of benzene rings is 2. The van der Waals surface area contributed by atoms with Crippen molar-refractivity contribution >= 4 is 6.29 Å². The van der Waals surface area contributed by atoms with E-state index in [1.807, 2.05) is 24.3 Å². The summed E-state index contributed by atoms with van der Waals surface area (Å²) in [6, 6.07) is 11.6. The van der Waals surface area contributed by atoms with Gasteiger partial charge < -0.3 is 4.74 Å². The molecule has 0 aliphatic heterocycles. The highest BCUT2D eigenvalue weighted by molar-refractivity contribution is 5.87. The maximum Gasteiger partial charge on any atom is 0.150 e. The van der Waals surface area contributed by atoms with E-state index in [0.29, 0.717) is 17.2 Å². The summed E-state index contributed by atoms with van der Waals surface area (Å²) in [5.41, 5.74) is 1.86. The van der Waals surface area contributed by atoms with Gasteiger partial charge in [0.05, 0.1) is 6.10 Å². The third kappa shape index (κ3) is 2.65. The molecule has 0 unspecified atom stereocenters. The molecule has 0 aromatic heterocycles. The standard InChI is InChI=1S/C16H13FO2/c17-13-5-4-12(10-18)16(9-13)11-2-1-3-15(8-11)19-14-6-7-14/h1-5,8-10,14H,6-7H2. The highest BCUT2D eigenvalue weighted by Gasteiger charge is 2.23. The summed E-state index contributed by atoms with van der Waals surface area (Å²) < 4.78 is 19.1. The highest BCUT2D eigenvalue weighted by atomic mass is 19.1. The van der Waals surface area contributed by atoms with E-state index >= 15 is 0 Å². The largest absolute Gasteiger partial charge is 0.490 e. The second-order valence-corrected chi connectivity index (χ2v) is 4.69. The van der Waals surface area contributed by atoms with E-state index in [2.05, 4.69) is 0 Å². The third-order valence-electron chi connectivity index (χ3n) is 3.11. The zero-order valence-corrected chi connectivity index (χ0v) is 10.3. The van der Waals surface area contributed by atoms with Crippen LogP contribution in [-0.2, 0) is 0 Å². The predicted molar refractivity (Wildman–Crippen MR) is 70.9 cm³/mol. The molecule has 0 heterocycles. The normalized spacial score (nSPS) is 14.2. The van der Waals surface area contributed by atoms with Crippen LogP contribution in [0.3, 0.4) is 0 Å². The molecule has 0 amide bonds. The molecule has 2 aromatic rings. The lowest BCUT2D eigenvalue weighted by Gasteiger charge is -2.09. The molecule has 96 valence electrons.